The van der Waals surface area contributed by atoms with Gasteiger partial charge >= 0.3 is 8.60 Å². The van der Waals surface area contributed by atoms with Crippen molar-refractivity contribution in [2.75, 3.05) is 13.2 Å². The highest BCUT2D eigenvalue weighted by molar-refractivity contribution is 7.42. The molecule has 0 aliphatic carbocycles. The van der Waals surface area contributed by atoms with Crippen molar-refractivity contribution < 1.29 is 13.6 Å². The summed E-state index contributed by atoms with van der Waals surface area (Å²) >= 11 is 0. The zero-order chi connectivity index (χ0) is 15.2. The Morgan fingerprint density at radius 1 is 0.800 bits per heavy atom. The molecule has 0 bridgehead atoms. The van der Waals surface area contributed by atoms with Gasteiger partial charge in [-0.25, -0.2) is 0 Å². The van der Waals surface area contributed by atoms with Gasteiger partial charge in [-0.05, 0) is 23.0 Å². The van der Waals surface area contributed by atoms with Crippen LogP contribution in [0.4, 0.5) is 0 Å². The minimum Gasteiger partial charge on any atom is -0.427 e. The molecule has 0 aliphatic heterocycles. The van der Waals surface area contributed by atoms with Crippen LogP contribution in [0, 0.1) is 10.8 Å². The maximum absolute atomic E-state index is 5.83. The molecule has 0 radical (unpaired) electrons. The fourth-order valence-electron chi connectivity index (χ4n) is 1.15. The van der Waals surface area contributed by atoms with Crippen LogP contribution in [-0.2, 0) is 9.05 Å². The van der Waals surface area contributed by atoms with E-state index >= 15 is 0 Å². The van der Waals surface area contributed by atoms with E-state index in [0.717, 1.165) is 5.75 Å². The van der Waals surface area contributed by atoms with Gasteiger partial charge in [-0.1, -0.05) is 59.7 Å². The molecular formula is C16H27O3P. The van der Waals surface area contributed by atoms with E-state index in [0.29, 0.717) is 13.2 Å². The Balaban J connectivity index is 2.59. The van der Waals surface area contributed by atoms with Crippen molar-refractivity contribution in [3.05, 3.63) is 30.3 Å². The van der Waals surface area contributed by atoms with Gasteiger partial charge in [0.1, 0.15) is 5.75 Å². The number of hydrogen-bond donors (Lipinski definition) is 0. The first-order valence-corrected chi connectivity index (χ1v) is 8.04. The minimum absolute atomic E-state index is 0.0890. The van der Waals surface area contributed by atoms with Crippen LogP contribution in [0.1, 0.15) is 41.5 Å². The molecule has 0 heterocycles. The number of para-hydroxylation sites is 1. The molecule has 114 valence electrons. The van der Waals surface area contributed by atoms with E-state index in [4.69, 9.17) is 13.6 Å². The predicted molar refractivity (Wildman–Crippen MR) is 84.8 cm³/mol. The van der Waals surface area contributed by atoms with Gasteiger partial charge in [0.25, 0.3) is 0 Å². The predicted octanol–water partition coefficient (Wildman–Crippen LogP) is 5.42. The summed E-state index contributed by atoms with van der Waals surface area (Å²) < 4.78 is 17.5. The average Bonchev–Trinajstić information content (AvgIpc) is 2.32. The van der Waals surface area contributed by atoms with Crippen molar-refractivity contribution in [3.63, 3.8) is 0 Å². The first-order chi connectivity index (χ1) is 9.16. The molecule has 0 fully saturated rings. The molecule has 1 aromatic carbocycles. The quantitative estimate of drug-likeness (QED) is 0.656. The Bertz CT molecular complexity index is 361. The molecule has 0 unspecified atom stereocenters. The van der Waals surface area contributed by atoms with Gasteiger partial charge in [-0.2, -0.15) is 0 Å². The van der Waals surface area contributed by atoms with Gasteiger partial charge in [0.05, 0.1) is 13.2 Å². The number of benzene rings is 1. The van der Waals surface area contributed by atoms with E-state index in [9.17, 15) is 0 Å². The molecule has 4 heteroatoms. The topological polar surface area (TPSA) is 27.7 Å². The standard InChI is InChI=1S/C16H27O3P/c1-15(2,3)12-17-20(18-13-16(4,5)6)19-14-10-8-7-9-11-14/h7-11H,12-13H2,1-6H3. The van der Waals surface area contributed by atoms with E-state index in [-0.39, 0.29) is 10.8 Å². The van der Waals surface area contributed by atoms with Gasteiger partial charge < -0.3 is 13.6 Å². The lowest BCUT2D eigenvalue weighted by Gasteiger charge is -2.25. The minimum atomic E-state index is -1.37. The van der Waals surface area contributed by atoms with Gasteiger partial charge in [0.15, 0.2) is 0 Å². The smallest absolute Gasteiger partial charge is 0.397 e. The molecule has 0 atom stereocenters. The van der Waals surface area contributed by atoms with Gasteiger partial charge in [0, 0.05) is 0 Å². The second kappa shape index (κ2) is 7.40. The van der Waals surface area contributed by atoms with Crippen LogP contribution >= 0.6 is 8.60 Å². The highest BCUT2D eigenvalue weighted by Crippen LogP contribution is 2.43. The Kier molecular flexibility index (Phi) is 6.44. The fourth-order valence-corrected chi connectivity index (χ4v) is 2.61. The highest BCUT2D eigenvalue weighted by Gasteiger charge is 2.22. The summed E-state index contributed by atoms with van der Waals surface area (Å²) in [6.07, 6.45) is 0. The van der Waals surface area contributed by atoms with E-state index in [1.807, 2.05) is 30.3 Å². The van der Waals surface area contributed by atoms with Crippen molar-refractivity contribution in [3.8, 4) is 5.75 Å². The summed E-state index contributed by atoms with van der Waals surface area (Å²) in [6.45, 7) is 14.0. The van der Waals surface area contributed by atoms with Crippen molar-refractivity contribution in [2.24, 2.45) is 10.8 Å². The van der Waals surface area contributed by atoms with Crippen LogP contribution in [0.15, 0.2) is 30.3 Å². The zero-order valence-electron chi connectivity index (χ0n) is 13.5. The zero-order valence-corrected chi connectivity index (χ0v) is 14.4. The maximum Gasteiger partial charge on any atom is 0.397 e. The Hall–Kier alpha value is -0.630. The van der Waals surface area contributed by atoms with Crippen molar-refractivity contribution in [1.29, 1.82) is 0 Å². The molecule has 0 saturated carbocycles. The van der Waals surface area contributed by atoms with Crippen LogP contribution in [0.3, 0.4) is 0 Å². The first-order valence-electron chi connectivity index (χ1n) is 6.95. The molecule has 0 spiro atoms. The number of rotatable bonds is 6. The van der Waals surface area contributed by atoms with E-state index < -0.39 is 8.60 Å². The molecule has 3 nitrogen and oxygen atoms in total. The summed E-state index contributed by atoms with van der Waals surface area (Å²) in [5.41, 5.74) is 0.178. The van der Waals surface area contributed by atoms with Gasteiger partial charge in [-0.15, -0.1) is 0 Å². The fraction of sp³-hybridized carbons (Fsp3) is 0.625. The van der Waals surface area contributed by atoms with Gasteiger partial charge in [-0.3, -0.25) is 0 Å². The number of hydrogen-bond acceptors (Lipinski definition) is 3. The third-order valence-electron chi connectivity index (χ3n) is 2.13. The summed E-state index contributed by atoms with van der Waals surface area (Å²) in [5.74, 6) is 0.779. The van der Waals surface area contributed by atoms with Crippen LogP contribution in [0.5, 0.6) is 5.75 Å². The van der Waals surface area contributed by atoms with Crippen molar-refractivity contribution in [1.82, 2.24) is 0 Å². The summed E-state index contributed by atoms with van der Waals surface area (Å²) in [4.78, 5) is 0. The molecule has 1 rings (SSSR count). The summed E-state index contributed by atoms with van der Waals surface area (Å²) in [5, 5.41) is 0. The van der Waals surface area contributed by atoms with Crippen molar-refractivity contribution in [2.45, 2.75) is 41.5 Å². The maximum atomic E-state index is 5.83. The second-order valence-electron chi connectivity index (χ2n) is 7.30. The monoisotopic (exact) mass is 298 g/mol. The molecule has 20 heavy (non-hydrogen) atoms. The van der Waals surface area contributed by atoms with Crippen LogP contribution < -0.4 is 4.52 Å². The summed E-state index contributed by atoms with van der Waals surface area (Å²) in [6, 6.07) is 9.67. The van der Waals surface area contributed by atoms with Crippen LogP contribution in [0.25, 0.3) is 0 Å². The highest BCUT2D eigenvalue weighted by atomic mass is 31.2. The average molecular weight is 298 g/mol. The molecule has 0 aromatic heterocycles. The Labute approximate surface area is 124 Å². The van der Waals surface area contributed by atoms with E-state index in [2.05, 4.69) is 41.5 Å². The molecule has 0 N–H and O–H groups in total. The lowest BCUT2D eigenvalue weighted by Crippen LogP contribution is -2.17. The first kappa shape index (κ1) is 17.4. The van der Waals surface area contributed by atoms with Crippen LogP contribution in [-0.4, -0.2) is 13.2 Å². The Morgan fingerprint density at radius 2 is 1.25 bits per heavy atom. The molecule has 0 saturated heterocycles. The summed E-state index contributed by atoms with van der Waals surface area (Å²) in [7, 11) is -1.37. The molecule has 1 aromatic rings. The SMILES string of the molecule is CC(C)(C)COP(OCC(C)(C)C)Oc1ccccc1. The largest absolute Gasteiger partial charge is 0.427 e. The second-order valence-corrected chi connectivity index (χ2v) is 8.44. The van der Waals surface area contributed by atoms with Crippen LogP contribution in [0.2, 0.25) is 0 Å². The third-order valence-corrected chi connectivity index (χ3v) is 3.17. The normalized spacial score (nSPS) is 12.8. The lowest BCUT2D eigenvalue weighted by atomic mass is 9.99. The van der Waals surface area contributed by atoms with E-state index in [1.54, 1.807) is 0 Å². The Morgan fingerprint density at radius 3 is 1.65 bits per heavy atom. The molecular weight excluding hydrogens is 271 g/mol. The van der Waals surface area contributed by atoms with Gasteiger partial charge in [0.2, 0.25) is 0 Å². The van der Waals surface area contributed by atoms with E-state index in [1.165, 1.54) is 0 Å². The molecule has 0 aliphatic rings. The van der Waals surface area contributed by atoms with Crippen molar-refractivity contribution >= 4 is 8.60 Å². The molecule has 0 amide bonds. The third kappa shape index (κ3) is 8.52. The lowest BCUT2D eigenvalue weighted by molar-refractivity contribution is 0.124.